The lowest BCUT2D eigenvalue weighted by Crippen LogP contribution is -2.25. The number of nitrogens with zero attached hydrogens (tertiary/aromatic N) is 1. The van der Waals surface area contributed by atoms with Crippen molar-refractivity contribution >= 4 is 5.91 Å². The molecule has 0 aliphatic carbocycles. The number of methoxy groups -OCH3 is 1. The Morgan fingerprint density at radius 1 is 1.12 bits per heavy atom. The van der Waals surface area contributed by atoms with E-state index in [2.05, 4.69) is 10.3 Å². The van der Waals surface area contributed by atoms with Gasteiger partial charge in [-0.2, -0.15) is 0 Å². The second-order valence-electron chi connectivity index (χ2n) is 5.41. The summed E-state index contributed by atoms with van der Waals surface area (Å²) >= 11 is 0. The summed E-state index contributed by atoms with van der Waals surface area (Å²) in [5, 5.41) is 2.90. The highest BCUT2D eigenvalue weighted by molar-refractivity contribution is 5.75. The second kappa shape index (κ2) is 10.4. The van der Waals surface area contributed by atoms with Gasteiger partial charge in [0.2, 0.25) is 11.8 Å². The van der Waals surface area contributed by atoms with Crippen LogP contribution >= 0.6 is 0 Å². The molecule has 0 bridgehead atoms. The Hall–Kier alpha value is -2.40. The van der Waals surface area contributed by atoms with E-state index in [-0.39, 0.29) is 5.91 Å². The summed E-state index contributed by atoms with van der Waals surface area (Å²) in [5.41, 5.74) is 2.05. The van der Waals surface area contributed by atoms with E-state index in [9.17, 15) is 4.79 Å². The van der Waals surface area contributed by atoms with Crippen LogP contribution < -0.4 is 10.1 Å². The Morgan fingerprint density at radius 3 is 2.75 bits per heavy atom. The molecule has 0 saturated heterocycles. The van der Waals surface area contributed by atoms with Crippen LogP contribution in [-0.2, 0) is 22.6 Å². The second-order valence-corrected chi connectivity index (χ2v) is 5.41. The fourth-order valence-electron chi connectivity index (χ4n) is 2.23. The van der Waals surface area contributed by atoms with Crippen molar-refractivity contribution in [2.45, 2.75) is 25.9 Å². The van der Waals surface area contributed by atoms with Crippen molar-refractivity contribution in [2.75, 3.05) is 20.3 Å². The van der Waals surface area contributed by atoms with Gasteiger partial charge in [-0.15, -0.1) is 0 Å². The maximum Gasteiger partial charge on any atom is 0.220 e. The Balaban J connectivity index is 1.53. The van der Waals surface area contributed by atoms with Gasteiger partial charge in [0.05, 0.1) is 13.7 Å². The molecule has 0 unspecified atom stereocenters. The highest BCUT2D eigenvalue weighted by Gasteiger charge is 2.02. The van der Waals surface area contributed by atoms with Crippen LogP contribution in [0.25, 0.3) is 0 Å². The van der Waals surface area contributed by atoms with Gasteiger partial charge in [0.15, 0.2) is 0 Å². The molecular formula is C19H24N2O3. The molecule has 0 saturated carbocycles. The summed E-state index contributed by atoms with van der Waals surface area (Å²) in [7, 11) is 1.59. The van der Waals surface area contributed by atoms with Crippen LogP contribution in [0.1, 0.15) is 24.1 Å². The Morgan fingerprint density at radius 2 is 1.96 bits per heavy atom. The Kier molecular flexibility index (Phi) is 7.77. The molecule has 128 valence electrons. The molecule has 1 heterocycles. The minimum atomic E-state index is 0.0428. The maximum atomic E-state index is 11.8. The molecule has 0 atom stereocenters. The van der Waals surface area contributed by atoms with Gasteiger partial charge >= 0.3 is 0 Å². The van der Waals surface area contributed by atoms with Gasteiger partial charge in [-0.1, -0.05) is 36.4 Å². The number of ether oxygens (including phenoxy) is 2. The van der Waals surface area contributed by atoms with Gasteiger partial charge in [0, 0.05) is 37.8 Å². The predicted octanol–water partition coefficient (Wildman–Crippen LogP) is 2.75. The standard InChI is InChI=1S/C19H24N2O3/c1-23-19-11-5-9-17(21-19)12-13-20-18(22)10-6-14-24-15-16-7-3-2-4-8-16/h2-5,7-9,11H,6,10,12-15H2,1H3,(H,20,22). The summed E-state index contributed by atoms with van der Waals surface area (Å²) in [6, 6.07) is 15.6. The van der Waals surface area contributed by atoms with Gasteiger partial charge in [0.25, 0.3) is 0 Å². The average molecular weight is 328 g/mol. The molecule has 0 fully saturated rings. The molecular weight excluding hydrogens is 304 g/mol. The third-order valence-corrected chi connectivity index (χ3v) is 3.50. The third-order valence-electron chi connectivity index (χ3n) is 3.50. The van der Waals surface area contributed by atoms with Crippen LogP contribution in [0.15, 0.2) is 48.5 Å². The number of benzene rings is 1. The zero-order valence-corrected chi connectivity index (χ0v) is 14.0. The average Bonchev–Trinajstić information content (AvgIpc) is 2.62. The van der Waals surface area contributed by atoms with Crippen molar-refractivity contribution < 1.29 is 14.3 Å². The largest absolute Gasteiger partial charge is 0.481 e. The fraction of sp³-hybridized carbons (Fsp3) is 0.368. The first kappa shape index (κ1) is 17.9. The smallest absolute Gasteiger partial charge is 0.220 e. The molecule has 24 heavy (non-hydrogen) atoms. The van der Waals surface area contributed by atoms with Crippen molar-refractivity contribution in [3.63, 3.8) is 0 Å². The first-order valence-corrected chi connectivity index (χ1v) is 8.16. The molecule has 1 amide bonds. The van der Waals surface area contributed by atoms with E-state index in [1.807, 2.05) is 42.5 Å². The zero-order valence-electron chi connectivity index (χ0n) is 14.0. The first-order valence-electron chi connectivity index (χ1n) is 8.16. The SMILES string of the molecule is COc1cccc(CCNC(=O)CCCOCc2ccccc2)n1. The van der Waals surface area contributed by atoms with Crippen molar-refractivity contribution in [1.82, 2.24) is 10.3 Å². The van der Waals surface area contributed by atoms with Gasteiger partial charge < -0.3 is 14.8 Å². The number of aromatic nitrogens is 1. The monoisotopic (exact) mass is 328 g/mol. The maximum absolute atomic E-state index is 11.8. The van der Waals surface area contributed by atoms with Gasteiger partial charge in [-0.3, -0.25) is 4.79 Å². The Labute approximate surface area is 143 Å². The molecule has 1 N–H and O–H groups in total. The minimum absolute atomic E-state index is 0.0428. The van der Waals surface area contributed by atoms with Gasteiger partial charge in [-0.25, -0.2) is 4.98 Å². The molecule has 0 spiro atoms. The third kappa shape index (κ3) is 6.79. The zero-order chi connectivity index (χ0) is 17.0. The van der Waals surface area contributed by atoms with E-state index in [1.165, 1.54) is 0 Å². The fourth-order valence-corrected chi connectivity index (χ4v) is 2.23. The number of carbonyl (C=O) groups is 1. The van der Waals surface area contributed by atoms with E-state index in [4.69, 9.17) is 9.47 Å². The lowest BCUT2D eigenvalue weighted by atomic mass is 10.2. The predicted molar refractivity (Wildman–Crippen MR) is 92.8 cm³/mol. The number of rotatable bonds is 10. The molecule has 2 rings (SSSR count). The highest BCUT2D eigenvalue weighted by Crippen LogP contribution is 2.06. The molecule has 5 heteroatoms. The van der Waals surface area contributed by atoms with Crippen LogP contribution in [0.5, 0.6) is 5.88 Å². The molecule has 1 aromatic carbocycles. The van der Waals surface area contributed by atoms with Crippen LogP contribution in [-0.4, -0.2) is 31.2 Å². The number of pyridine rings is 1. The van der Waals surface area contributed by atoms with Crippen molar-refractivity contribution in [1.29, 1.82) is 0 Å². The summed E-state index contributed by atoms with van der Waals surface area (Å²) in [4.78, 5) is 16.1. The molecule has 5 nitrogen and oxygen atoms in total. The van der Waals surface area contributed by atoms with E-state index in [0.29, 0.717) is 38.5 Å². The van der Waals surface area contributed by atoms with Gasteiger partial charge in [0.1, 0.15) is 0 Å². The topological polar surface area (TPSA) is 60.5 Å². The van der Waals surface area contributed by atoms with E-state index >= 15 is 0 Å². The molecule has 2 aromatic rings. The first-order chi connectivity index (χ1) is 11.8. The lowest BCUT2D eigenvalue weighted by molar-refractivity contribution is -0.121. The lowest BCUT2D eigenvalue weighted by Gasteiger charge is -2.07. The van der Waals surface area contributed by atoms with Gasteiger partial charge in [-0.05, 0) is 18.1 Å². The number of nitrogens with one attached hydrogen (secondary N) is 1. The summed E-state index contributed by atoms with van der Waals surface area (Å²) in [6.45, 7) is 1.74. The number of hydrogen-bond acceptors (Lipinski definition) is 4. The van der Waals surface area contributed by atoms with Crippen LogP contribution in [0.4, 0.5) is 0 Å². The molecule has 0 aliphatic rings. The molecule has 0 radical (unpaired) electrons. The minimum Gasteiger partial charge on any atom is -0.481 e. The van der Waals surface area contributed by atoms with E-state index in [1.54, 1.807) is 13.2 Å². The van der Waals surface area contributed by atoms with Crippen LogP contribution in [0.2, 0.25) is 0 Å². The summed E-state index contributed by atoms with van der Waals surface area (Å²) < 4.78 is 10.6. The van der Waals surface area contributed by atoms with Crippen molar-refractivity contribution in [3.05, 3.63) is 59.8 Å². The Bertz CT molecular complexity index is 617. The van der Waals surface area contributed by atoms with Crippen molar-refractivity contribution in [3.8, 4) is 5.88 Å². The van der Waals surface area contributed by atoms with E-state index < -0.39 is 0 Å². The molecule has 1 aromatic heterocycles. The van der Waals surface area contributed by atoms with Crippen LogP contribution in [0, 0.1) is 0 Å². The number of amides is 1. The summed E-state index contributed by atoms with van der Waals surface area (Å²) in [5.74, 6) is 0.635. The van der Waals surface area contributed by atoms with Crippen molar-refractivity contribution in [2.24, 2.45) is 0 Å². The number of carbonyl (C=O) groups excluding carboxylic acids is 1. The molecule has 0 aliphatic heterocycles. The summed E-state index contributed by atoms with van der Waals surface area (Å²) in [6.07, 6.45) is 1.88. The van der Waals surface area contributed by atoms with E-state index in [0.717, 1.165) is 17.7 Å². The normalized spacial score (nSPS) is 10.4. The quantitative estimate of drug-likeness (QED) is 0.681. The van der Waals surface area contributed by atoms with Crippen LogP contribution in [0.3, 0.4) is 0 Å². The number of hydrogen-bond donors (Lipinski definition) is 1. The highest BCUT2D eigenvalue weighted by atomic mass is 16.5.